The third kappa shape index (κ3) is 1.63. The molecule has 0 unspecified atom stereocenters. The van der Waals surface area contributed by atoms with Crippen molar-refractivity contribution in [2.75, 3.05) is 20.2 Å². The maximum Gasteiger partial charge on any atom is 0.0587 e. The first-order valence-electron chi connectivity index (χ1n) is 4.89. The summed E-state index contributed by atoms with van der Waals surface area (Å²) < 4.78 is 5.37. The highest BCUT2D eigenvalue weighted by Gasteiger charge is 2.31. The van der Waals surface area contributed by atoms with Crippen LogP contribution in [0.15, 0.2) is 0 Å². The van der Waals surface area contributed by atoms with Crippen LogP contribution in [0, 0.1) is 0 Å². The fourth-order valence-corrected chi connectivity index (χ4v) is 2.33. The zero-order chi connectivity index (χ0) is 8.39. The van der Waals surface area contributed by atoms with Crippen LogP contribution in [-0.2, 0) is 4.74 Å². The van der Waals surface area contributed by atoms with Gasteiger partial charge in [0.15, 0.2) is 0 Å². The van der Waals surface area contributed by atoms with Crippen LogP contribution in [0.25, 0.3) is 0 Å². The fraction of sp³-hybridized carbons (Fsp3) is 1.00. The van der Waals surface area contributed by atoms with Crippen molar-refractivity contribution in [1.29, 1.82) is 0 Å². The Morgan fingerprint density at radius 2 is 1.83 bits per heavy atom. The highest BCUT2D eigenvalue weighted by Crippen LogP contribution is 2.22. The molecule has 0 aromatic heterocycles. The topological polar surface area (TPSA) is 33.3 Å². The Balaban J connectivity index is 1.90. The van der Waals surface area contributed by atoms with E-state index in [1.807, 2.05) is 7.11 Å². The molecule has 2 fully saturated rings. The van der Waals surface area contributed by atoms with Gasteiger partial charge in [-0.1, -0.05) is 0 Å². The molecule has 1 saturated carbocycles. The van der Waals surface area contributed by atoms with Crippen LogP contribution in [0.3, 0.4) is 0 Å². The minimum Gasteiger partial charge on any atom is -0.381 e. The maximum absolute atomic E-state index is 5.37. The first kappa shape index (κ1) is 8.48. The molecular formula is C9H18N2O. The fourth-order valence-electron chi connectivity index (χ4n) is 2.33. The molecule has 0 spiro atoms. The Hall–Kier alpha value is -0.120. The Morgan fingerprint density at radius 3 is 2.58 bits per heavy atom. The number of fused-ring (bicyclic) bond motifs is 1. The number of methoxy groups -OCH3 is 1. The number of hydrogen-bond acceptors (Lipinski definition) is 3. The van der Waals surface area contributed by atoms with Crippen molar-refractivity contribution in [1.82, 2.24) is 10.6 Å². The lowest BCUT2D eigenvalue weighted by atomic mass is 9.87. The van der Waals surface area contributed by atoms with Gasteiger partial charge in [0.05, 0.1) is 6.10 Å². The van der Waals surface area contributed by atoms with E-state index in [1.54, 1.807) is 0 Å². The van der Waals surface area contributed by atoms with Gasteiger partial charge in [-0.25, -0.2) is 0 Å². The summed E-state index contributed by atoms with van der Waals surface area (Å²) in [5.74, 6) is 0. The molecule has 3 atom stereocenters. The molecule has 2 N–H and O–H groups in total. The van der Waals surface area contributed by atoms with Gasteiger partial charge in [0.25, 0.3) is 0 Å². The van der Waals surface area contributed by atoms with Gasteiger partial charge in [0, 0.05) is 32.3 Å². The molecule has 0 aromatic carbocycles. The van der Waals surface area contributed by atoms with E-state index in [1.165, 1.54) is 19.3 Å². The van der Waals surface area contributed by atoms with E-state index in [4.69, 9.17) is 4.74 Å². The molecule has 12 heavy (non-hydrogen) atoms. The number of hydrogen-bond donors (Lipinski definition) is 2. The van der Waals surface area contributed by atoms with E-state index in [0.29, 0.717) is 18.2 Å². The van der Waals surface area contributed by atoms with Gasteiger partial charge in [-0.3, -0.25) is 0 Å². The van der Waals surface area contributed by atoms with Gasteiger partial charge in [-0.2, -0.15) is 0 Å². The van der Waals surface area contributed by atoms with Crippen molar-refractivity contribution in [3.05, 3.63) is 0 Å². The van der Waals surface area contributed by atoms with Crippen LogP contribution in [0.2, 0.25) is 0 Å². The molecule has 1 heterocycles. The first-order chi connectivity index (χ1) is 5.90. The predicted octanol–water partition coefficient (Wildman–Crippen LogP) is 0.115. The van der Waals surface area contributed by atoms with Crippen LogP contribution in [0.4, 0.5) is 0 Å². The molecule has 0 amide bonds. The van der Waals surface area contributed by atoms with Crippen molar-refractivity contribution < 1.29 is 4.74 Å². The van der Waals surface area contributed by atoms with E-state index >= 15 is 0 Å². The smallest absolute Gasteiger partial charge is 0.0587 e. The van der Waals surface area contributed by atoms with Gasteiger partial charge in [-0.05, 0) is 19.3 Å². The minimum atomic E-state index is 0.485. The third-order valence-corrected chi connectivity index (χ3v) is 3.07. The molecule has 1 saturated heterocycles. The molecule has 1 aliphatic heterocycles. The average Bonchev–Trinajstić information content (AvgIpc) is 2.17. The van der Waals surface area contributed by atoms with Crippen LogP contribution < -0.4 is 10.6 Å². The van der Waals surface area contributed by atoms with Crippen LogP contribution >= 0.6 is 0 Å². The van der Waals surface area contributed by atoms with Crippen molar-refractivity contribution in [3.8, 4) is 0 Å². The molecule has 3 heteroatoms. The SMILES string of the molecule is CO[C@H]1CC[C@H]2NCCN[C@@H]2C1. The summed E-state index contributed by atoms with van der Waals surface area (Å²) in [5.41, 5.74) is 0. The largest absolute Gasteiger partial charge is 0.381 e. The highest BCUT2D eigenvalue weighted by atomic mass is 16.5. The molecule has 0 bridgehead atoms. The van der Waals surface area contributed by atoms with Gasteiger partial charge >= 0.3 is 0 Å². The molecule has 0 radical (unpaired) electrons. The highest BCUT2D eigenvalue weighted by molar-refractivity contribution is 4.92. The summed E-state index contributed by atoms with van der Waals surface area (Å²) >= 11 is 0. The van der Waals surface area contributed by atoms with E-state index in [-0.39, 0.29) is 0 Å². The van der Waals surface area contributed by atoms with Crippen molar-refractivity contribution >= 4 is 0 Å². The number of piperazine rings is 1. The first-order valence-corrected chi connectivity index (χ1v) is 4.89. The van der Waals surface area contributed by atoms with E-state index < -0.39 is 0 Å². The zero-order valence-corrected chi connectivity index (χ0v) is 7.68. The second kappa shape index (κ2) is 3.73. The second-order valence-corrected chi connectivity index (χ2v) is 3.79. The van der Waals surface area contributed by atoms with E-state index in [2.05, 4.69) is 10.6 Å². The lowest BCUT2D eigenvalue weighted by Crippen LogP contribution is -2.59. The standard InChI is InChI=1S/C9H18N2O/c1-12-7-2-3-8-9(6-7)11-5-4-10-8/h7-11H,2-6H2,1H3/t7-,8+,9+/m0/s1. The summed E-state index contributed by atoms with van der Waals surface area (Å²) in [6, 6.07) is 1.35. The Morgan fingerprint density at radius 1 is 1.08 bits per heavy atom. The summed E-state index contributed by atoms with van der Waals surface area (Å²) in [6.45, 7) is 2.23. The maximum atomic E-state index is 5.37. The summed E-state index contributed by atoms with van der Waals surface area (Å²) in [4.78, 5) is 0. The monoisotopic (exact) mass is 170 g/mol. The van der Waals surface area contributed by atoms with Gasteiger partial charge in [0.2, 0.25) is 0 Å². The lowest BCUT2D eigenvalue weighted by molar-refractivity contribution is 0.0432. The predicted molar refractivity (Wildman–Crippen MR) is 48.2 cm³/mol. The van der Waals surface area contributed by atoms with E-state index in [9.17, 15) is 0 Å². The van der Waals surface area contributed by atoms with Gasteiger partial charge in [0.1, 0.15) is 0 Å². The Kier molecular flexibility index (Phi) is 2.63. The molecular weight excluding hydrogens is 152 g/mol. The molecule has 2 aliphatic rings. The van der Waals surface area contributed by atoms with Crippen molar-refractivity contribution in [2.24, 2.45) is 0 Å². The normalized spacial score (nSPS) is 42.2. The number of nitrogens with one attached hydrogen (secondary N) is 2. The molecule has 0 aromatic rings. The van der Waals surface area contributed by atoms with E-state index in [0.717, 1.165) is 13.1 Å². The molecule has 70 valence electrons. The summed E-state index contributed by atoms with van der Waals surface area (Å²) in [5, 5.41) is 7.09. The van der Waals surface area contributed by atoms with Crippen LogP contribution in [-0.4, -0.2) is 38.4 Å². The van der Waals surface area contributed by atoms with Crippen LogP contribution in [0.1, 0.15) is 19.3 Å². The number of rotatable bonds is 1. The van der Waals surface area contributed by atoms with Gasteiger partial charge in [-0.15, -0.1) is 0 Å². The van der Waals surface area contributed by atoms with Crippen molar-refractivity contribution in [3.63, 3.8) is 0 Å². The van der Waals surface area contributed by atoms with Crippen LogP contribution in [0.5, 0.6) is 0 Å². The van der Waals surface area contributed by atoms with Gasteiger partial charge < -0.3 is 15.4 Å². The zero-order valence-electron chi connectivity index (χ0n) is 7.68. The minimum absolute atomic E-state index is 0.485. The number of ether oxygens (including phenoxy) is 1. The summed E-state index contributed by atoms with van der Waals surface area (Å²) in [7, 11) is 1.82. The average molecular weight is 170 g/mol. The molecule has 2 rings (SSSR count). The quantitative estimate of drug-likeness (QED) is 0.586. The molecule has 3 nitrogen and oxygen atoms in total. The van der Waals surface area contributed by atoms with Crippen molar-refractivity contribution in [2.45, 2.75) is 37.5 Å². The Labute approximate surface area is 73.9 Å². The molecule has 1 aliphatic carbocycles. The Bertz CT molecular complexity index is 151. The lowest BCUT2D eigenvalue weighted by Gasteiger charge is -2.40. The second-order valence-electron chi connectivity index (χ2n) is 3.79. The summed E-state index contributed by atoms with van der Waals surface area (Å²) in [6.07, 6.45) is 4.13. The third-order valence-electron chi connectivity index (χ3n) is 3.07.